The lowest BCUT2D eigenvalue weighted by Gasteiger charge is -2.13. The fraction of sp³-hybridized carbons (Fsp3) is 0.615. The van der Waals surface area contributed by atoms with E-state index in [0.29, 0.717) is 11.1 Å². The van der Waals surface area contributed by atoms with Crippen LogP contribution in [-0.4, -0.2) is 30.8 Å². The Labute approximate surface area is 114 Å². The van der Waals surface area contributed by atoms with Gasteiger partial charge in [-0.3, -0.25) is 0 Å². The first-order chi connectivity index (χ1) is 8.52. The van der Waals surface area contributed by atoms with Crippen molar-refractivity contribution in [3.63, 3.8) is 0 Å². The number of nitrogens with zero attached hydrogens (tertiary/aromatic N) is 1. The average molecular weight is 272 g/mol. The Morgan fingerprint density at radius 3 is 2.72 bits per heavy atom. The zero-order valence-corrected chi connectivity index (χ0v) is 12.2. The van der Waals surface area contributed by atoms with Crippen molar-refractivity contribution in [2.24, 2.45) is 0 Å². The van der Waals surface area contributed by atoms with E-state index in [0.717, 1.165) is 24.5 Å². The second-order valence-electron chi connectivity index (χ2n) is 4.62. The number of anilines is 1. The number of nitrogens with one attached hydrogen (secondary N) is 2. The molecule has 0 saturated carbocycles. The molecule has 0 radical (unpaired) electrons. The van der Waals surface area contributed by atoms with Crippen molar-refractivity contribution in [3.05, 3.63) is 22.8 Å². The molecule has 0 bridgehead atoms. The highest BCUT2D eigenvalue weighted by Gasteiger charge is 2.05. The van der Waals surface area contributed by atoms with E-state index < -0.39 is 0 Å². The van der Waals surface area contributed by atoms with Gasteiger partial charge in [-0.05, 0) is 18.6 Å². The fourth-order valence-electron chi connectivity index (χ4n) is 1.36. The summed E-state index contributed by atoms with van der Waals surface area (Å²) in [5, 5.41) is 7.26. The first kappa shape index (κ1) is 15.2. The SMILES string of the molecule is COC(C)CNc1cc(CNC(C)C)c(Cl)cn1. The van der Waals surface area contributed by atoms with Gasteiger partial charge in [0, 0.05) is 32.4 Å². The van der Waals surface area contributed by atoms with Crippen LogP contribution in [0.25, 0.3) is 0 Å². The Bertz CT molecular complexity index is 371. The highest BCUT2D eigenvalue weighted by atomic mass is 35.5. The molecule has 0 saturated heterocycles. The minimum atomic E-state index is 0.153. The minimum Gasteiger partial charge on any atom is -0.380 e. The van der Waals surface area contributed by atoms with Gasteiger partial charge in [0.2, 0.25) is 0 Å². The van der Waals surface area contributed by atoms with E-state index in [-0.39, 0.29) is 6.10 Å². The van der Waals surface area contributed by atoms with Crippen LogP contribution in [-0.2, 0) is 11.3 Å². The molecular formula is C13H22ClN3O. The molecular weight excluding hydrogens is 250 g/mol. The van der Waals surface area contributed by atoms with Crippen molar-refractivity contribution in [2.45, 2.75) is 39.5 Å². The second kappa shape index (κ2) is 7.56. The quantitative estimate of drug-likeness (QED) is 0.800. The summed E-state index contributed by atoms with van der Waals surface area (Å²) in [4.78, 5) is 4.25. The van der Waals surface area contributed by atoms with Crippen LogP contribution in [0.1, 0.15) is 26.3 Å². The summed E-state index contributed by atoms with van der Waals surface area (Å²) in [6, 6.07) is 2.40. The minimum absolute atomic E-state index is 0.153. The maximum absolute atomic E-state index is 6.11. The van der Waals surface area contributed by atoms with Crippen LogP contribution in [0.5, 0.6) is 0 Å². The summed E-state index contributed by atoms with van der Waals surface area (Å²) in [7, 11) is 1.69. The lowest BCUT2D eigenvalue weighted by atomic mass is 10.2. The van der Waals surface area contributed by atoms with Gasteiger partial charge in [0.15, 0.2) is 0 Å². The van der Waals surface area contributed by atoms with Crippen molar-refractivity contribution in [3.8, 4) is 0 Å². The summed E-state index contributed by atoms with van der Waals surface area (Å²) in [5.74, 6) is 0.823. The van der Waals surface area contributed by atoms with Crippen molar-refractivity contribution in [2.75, 3.05) is 19.0 Å². The monoisotopic (exact) mass is 271 g/mol. The maximum atomic E-state index is 6.11. The van der Waals surface area contributed by atoms with Crippen molar-refractivity contribution >= 4 is 17.4 Å². The van der Waals surface area contributed by atoms with Gasteiger partial charge in [0.25, 0.3) is 0 Å². The van der Waals surface area contributed by atoms with Crippen LogP contribution >= 0.6 is 11.6 Å². The van der Waals surface area contributed by atoms with Crippen LogP contribution in [0.2, 0.25) is 5.02 Å². The van der Waals surface area contributed by atoms with E-state index >= 15 is 0 Å². The van der Waals surface area contributed by atoms with E-state index in [1.54, 1.807) is 13.3 Å². The van der Waals surface area contributed by atoms with E-state index in [2.05, 4.69) is 29.5 Å². The number of pyridine rings is 1. The van der Waals surface area contributed by atoms with Gasteiger partial charge in [-0.25, -0.2) is 4.98 Å². The first-order valence-electron chi connectivity index (χ1n) is 6.17. The molecule has 5 heteroatoms. The van der Waals surface area contributed by atoms with Gasteiger partial charge in [-0.1, -0.05) is 25.4 Å². The predicted molar refractivity (Wildman–Crippen MR) is 76.2 cm³/mol. The van der Waals surface area contributed by atoms with Crippen LogP contribution in [0, 0.1) is 0 Å². The molecule has 4 nitrogen and oxygen atoms in total. The van der Waals surface area contributed by atoms with Crippen molar-refractivity contribution < 1.29 is 4.74 Å². The van der Waals surface area contributed by atoms with Gasteiger partial charge >= 0.3 is 0 Å². The van der Waals surface area contributed by atoms with Crippen LogP contribution in [0.3, 0.4) is 0 Å². The third-order valence-electron chi connectivity index (χ3n) is 2.61. The van der Waals surface area contributed by atoms with E-state index in [9.17, 15) is 0 Å². The lowest BCUT2D eigenvalue weighted by Crippen LogP contribution is -2.22. The molecule has 1 heterocycles. The Hall–Kier alpha value is -0.840. The number of rotatable bonds is 7. The zero-order chi connectivity index (χ0) is 13.5. The van der Waals surface area contributed by atoms with E-state index in [1.165, 1.54) is 0 Å². The Balaban J connectivity index is 2.62. The maximum Gasteiger partial charge on any atom is 0.126 e. The van der Waals surface area contributed by atoms with E-state index in [1.807, 2.05) is 13.0 Å². The second-order valence-corrected chi connectivity index (χ2v) is 5.03. The first-order valence-corrected chi connectivity index (χ1v) is 6.55. The molecule has 0 spiro atoms. The van der Waals surface area contributed by atoms with Crippen LogP contribution < -0.4 is 10.6 Å². The molecule has 1 unspecified atom stereocenters. The summed E-state index contributed by atoms with van der Waals surface area (Å²) >= 11 is 6.11. The number of hydrogen-bond acceptors (Lipinski definition) is 4. The number of aromatic nitrogens is 1. The smallest absolute Gasteiger partial charge is 0.126 e. The molecule has 1 aromatic heterocycles. The summed E-state index contributed by atoms with van der Waals surface area (Å²) in [6.45, 7) is 7.68. The molecule has 0 aliphatic rings. The highest BCUT2D eigenvalue weighted by Crippen LogP contribution is 2.18. The molecule has 2 N–H and O–H groups in total. The fourth-order valence-corrected chi connectivity index (χ4v) is 1.53. The average Bonchev–Trinajstić information content (AvgIpc) is 2.35. The molecule has 0 amide bonds. The molecule has 18 heavy (non-hydrogen) atoms. The van der Waals surface area contributed by atoms with Crippen molar-refractivity contribution in [1.82, 2.24) is 10.3 Å². The summed E-state index contributed by atoms with van der Waals surface area (Å²) in [6.07, 6.45) is 1.83. The number of ether oxygens (including phenoxy) is 1. The largest absolute Gasteiger partial charge is 0.380 e. The molecule has 1 aromatic rings. The number of hydrogen-bond donors (Lipinski definition) is 2. The third-order valence-corrected chi connectivity index (χ3v) is 2.95. The van der Waals surface area contributed by atoms with Crippen molar-refractivity contribution in [1.29, 1.82) is 0 Å². The van der Waals surface area contributed by atoms with Crippen LogP contribution in [0.15, 0.2) is 12.3 Å². The zero-order valence-electron chi connectivity index (χ0n) is 11.5. The molecule has 0 aliphatic heterocycles. The number of methoxy groups -OCH3 is 1. The molecule has 1 rings (SSSR count). The topological polar surface area (TPSA) is 46.2 Å². The Morgan fingerprint density at radius 2 is 2.11 bits per heavy atom. The molecule has 0 aliphatic carbocycles. The summed E-state index contributed by atoms with van der Waals surface area (Å²) < 4.78 is 5.18. The van der Waals surface area contributed by atoms with Gasteiger partial charge in [-0.15, -0.1) is 0 Å². The molecule has 0 aromatic carbocycles. The van der Waals surface area contributed by atoms with Gasteiger partial charge in [-0.2, -0.15) is 0 Å². The lowest BCUT2D eigenvalue weighted by molar-refractivity contribution is 0.128. The van der Waals surface area contributed by atoms with Gasteiger partial charge < -0.3 is 15.4 Å². The predicted octanol–water partition coefficient (Wildman–Crippen LogP) is 2.68. The Kier molecular flexibility index (Phi) is 6.39. The van der Waals surface area contributed by atoms with E-state index in [4.69, 9.17) is 16.3 Å². The summed E-state index contributed by atoms with van der Waals surface area (Å²) in [5.41, 5.74) is 1.05. The number of halogens is 1. The van der Waals surface area contributed by atoms with Gasteiger partial charge in [0.05, 0.1) is 11.1 Å². The third kappa shape index (κ3) is 5.21. The van der Waals surface area contributed by atoms with Gasteiger partial charge in [0.1, 0.15) is 5.82 Å². The molecule has 102 valence electrons. The molecule has 1 atom stereocenters. The molecule has 0 fully saturated rings. The normalized spacial score (nSPS) is 12.8. The standard InChI is InChI=1S/C13H22ClN3O/c1-9(2)15-7-11-5-13(17-8-12(11)14)16-6-10(3)18-4/h5,8-10,15H,6-7H2,1-4H3,(H,16,17). The Morgan fingerprint density at radius 1 is 1.39 bits per heavy atom. The van der Waals surface area contributed by atoms with Crippen LogP contribution in [0.4, 0.5) is 5.82 Å². The highest BCUT2D eigenvalue weighted by molar-refractivity contribution is 6.31.